The Morgan fingerprint density at radius 1 is 0.812 bits per heavy atom. The van der Waals surface area contributed by atoms with Crippen molar-refractivity contribution in [1.82, 2.24) is 14.7 Å². The van der Waals surface area contributed by atoms with Gasteiger partial charge in [-0.2, -0.15) is 0 Å². The topological polar surface area (TPSA) is 36.0 Å². The van der Waals surface area contributed by atoms with Gasteiger partial charge >= 0.3 is 0 Å². The van der Waals surface area contributed by atoms with Crippen LogP contribution in [-0.2, 0) is 0 Å². The summed E-state index contributed by atoms with van der Waals surface area (Å²) in [7, 11) is 0. The number of likely N-dealkylation sites (tertiary alicyclic amines) is 1. The number of ether oxygens (including phenoxy) is 1. The van der Waals surface area contributed by atoms with Gasteiger partial charge in [-0.05, 0) is 75.6 Å². The molecule has 2 heterocycles. The summed E-state index contributed by atoms with van der Waals surface area (Å²) in [5, 5.41) is 2.21. The van der Waals surface area contributed by atoms with E-state index >= 15 is 0 Å². The third-order valence-electron chi connectivity index (χ3n) is 6.90. The summed E-state index contributed by atoms with van der Waals surface area (Å²) >= 11 is 0. The third-order valence-corrected chi connectivity index (χ3v) is 6.90. The van der Waals surface area contributed by atoms with Gasteiger partial charge in [0, 0.05) is 56.9 Å². The number of carbonyl (C=O) groups excluding carboxylic acids is 1. The number of piperidine rings is 1. The number of rotatable bonds is 5. The highest BCUT2D eigenvalue weighted by Crippen LogP contribution is 2.26. The average molecular weight is 460 g/mol. The number of halogens is 1. The molecule has 2 fully saturated rings. The monoisotopic (exact) mass is 459 g/mol. The van der Waals surface area contributed by atoms with Gasteiger partial charge in [0.1, 0.15) is 11.9 Å². The van der Waals surface area contributed by atoms with Gasteiger partial charge in [0.25, 0.3) is 5.91 Å². The number of hydrogen-bond acceptors (Lipinski definition) is 4. The molecule has 32 heavy (non-hydrogen) atoms. The number of piperazine rings is 1. The summed E-state index contributed by atoms with van der Waals surface area (Å²) in [5.41, 5.74) is 0.778. The van der Waals surface area contributed by atoms with Gasteiger partial charge in [-0.25, -0.2) is 0 Å². The first-order valence-electron chi connectivity index (χ1n) is 11.9. The predicted molar refractivity (Wildman–Crippen MR) is 134 cm³/mol. The Morgan fingerprint density at radius 2 is 1.38 bits per heavy atom. The second kappa shape index (κ2) is 10.9. The van der Waals surface area contributed by atoms with Crippen LogP contribution >= 0.6 is 12.4 Å². The van der Waals surface area contributed by atoms with E-state index in [1.165, 1.54) is 0 Å². The van der Waals surface area contributed by atoms with E-state index in [0.717, 1.165) is 74.2 Å². The van der Waals surface area contributed by atoms with Gasteiger partial charge in [0.15, 0.2) is 0 Å². The molecule has 176 valence electrons. The van der Waals surface area contributed by atoms with E-state index in [-0.39, 0.29) is 24.4 Å². The molecule has 5 nitrogen and oxygen atoms in total. The summed E-state index contributed by atoms with van der Waals surface area (Å²) in [5.74, 6) is 1.07. The van der Waals surface area contributed by atoms with Crippen LogP contribution in [0.5, 0.6) is 5.75 Å². The zero-order valence-electron chi connectivity index (χ0n) is 19.9. The fourth-order valence-corrected chi connectivity index (χ4v) is 4.76. The number of hydrogen-bond donors (Lipinski definition) is 0. The summed E-state index contributed by atoms with van der Waals surface area (Å²) in [6.07, 6.45) is 2.44. The van der Waals surface area contributed by atoms with E-state index in [0.29, 0.717) is 12.1 Å². The maximum atomic E-state index is 13.0. The van der Waals surface area contributed by atoms with Crippen molar-refractivity contribution in [3.8, 4) is 5.75 Å². The van der Waals surface area contributed by atoms with E-state index in [1.54, 1.807) is 0 Å². The van der Waals surface area contributed by atoms with Crippen molar-refractivity contribution in [3.05, 3.63) is 42.0 Å². The molecular formula is C26H38ClN3O2. The van der Waals surface area contributed by atoms with E-state index in [1.807, 2.05) is 23.1 Å². The average Bonchev–Trinajstić information content (AvgIpc) is 2.78. The van der Waals surface area contributed by atoms with Crippen LogP contribution in [0.1, 0.15) is 50.9 Å². The molecule has 0 radical (unpaired) electrons. The van der Waals surface area contributed by atoms with Gasteiger partial charge < -0.3 is 14.5 Å². The molecule has 0 aliphatic carbocycles. The van der Waals surface area contributed by atoms with Gasteiger partial charge in [-0.1, -0.05) is 12.1 Å². The molecule has 0 atom stereocenters. The minimum atomic E-state index is 0. The Bertz CT molecular complexity index is 901. The van der Waals surface area contributed by atoms with Crippen molar-refractivity contribution >= 4 is 29.1 Å². The molecule has 2 saturated heterocycles. The lowest BCUT2D eigenvalue weighted by atomic mass is 10.0. The zero-order chi connectivity index (χ0) is 22.0. The first-order valence-corrected chi connectivity index (χ1v) is 11.9. The second-order valence-corrected chi connectivity index (χ2v) is 9.59. The predicted octanol–water partition coefficient (Wildman–Crippen LogP) is 4.68. The van der Waals surface area contributed by atoms with Crippen molar-refractivity contribution in [2.45, 2.75) is 58.7 Å². The Balaban J connectivity index is 0.00000289. The fraction of sp³-hybridized carbons (Fsp3) is 0.577. The lowest BCUT2D eigenvalue weighted by Crippen LogP contribution is -2.50. The molecule has 2 aromatic rings. The zero-order valence-corrected chi connectivity index (χ0v) is 20.7. The quantitative estimate of drug-likeness (QED) is 0.650. The highest BCUT2D eigenvalue weighted by Gasteiger charge is 2.24. The van der Waals surface area contributed by atoms with Crippen LogP contribution in [0.15, 0.2) is 36.4 Å². The lowest BCUT2D eigenvalue weighted by Gasteiger charge is -2.37. The lowest BCUT2D eigenvalue weighted by molar-refractivity contribution is 0.0595. The Labute approximate surface area is 199 Å². The molecule has 0 unspecified atom stereocenters. The van der Waals surface area contributed by atoms with Crippen molar-refractivity contribution in [2.24, 2.45) is 0 Å². The molecule has 6 heteroatoms. The maximum Gasteiger partial charge on any atom is 0.253 e. The molecule has 2 aliphatic rings. The van der Waals surface area contributed by atoms with E-state index < -0.39 is 0 Å². The molecule has 0 bridgehead atoms. The van der Waals surface area contributed by atoms with Crippen molar-refractivity contribution in [2.75, 3.05) is 39.3 Å². The molecule has 1 amide bonds. The van der Waals surface area contributed by atoms with Crippen molar-refractivity contribution in [3.63, 3.8) is 0 Å². The normalized spacial score (nSPS) is 18.9. The molecule has 4 rings (SSSR count). The molecule has 0 saturated carbocycles. The first-order chi connectivity index (χ1) is 14.9. The molecule has 0 spiro atoms. The van der Waals surface area contributed by atoms with Crippen molar-refractivity contribution in [1.29, 1.82) is 0 Å². The van der Waals surface area contributed by atoms with E-state index in [9.17, 15) is 4.79 Å². The van der Waals surface area contributed by atoms with Crippen molar-refractivity contribution < 1.29 is 9.53 Å². The second-order valence-electron chi connectivity index (χ2n) is 9.59. The molecule has 2 aliphatic heterocycles. The van der Waals surface area contributed by atoms with Crippen LogP contribution < -0.4 is 4.74 Å². The standard InChI is InChI=1S/C26H37N3O2.ClH/c1-19(2)27-11-9-24(10-12-27)31-25-8-7-21-17-23(6-5-22(21)18-25)26(30)29-15-13-28(14-16-29)20(3)4;/h5-8,17-20,24H,9-16H2,1-4H3;1H. The van der Waals surface area contributed by atoms with Crippen LogP contribution in [0, 0.1) is 0 Å². The summed E-state index contributed by atoms with van der Waals surface area (Å²) in [6, 6.07) is 13.4. The van der Waals surface area contributed by atoms with E-state index in [2.05, 4.69) is 55.7 Å². The SMILES string of the molecule is CC(C)N1CCC(Oc2ccc3cc(C(=O)N4CCN(C(C)C)CC4)ccc3c2)CC1.Cl. The number of amides is 1. The highest BCUT2D eigenvalue weighted by atomic mass is 35.5. The van der Waals surface area contributed by atoms with Crippen LogP contribution in [0.3, 0.4) is 0 Å². The highest BCUT2D eigenvalue weighted by molar-refractivity contribution is 5.98. The van der Waals surface area contributed by atoms with Gasteiger partial charge in [-0.3, -0.25) is 9.69 Å². The summed E-state index contributed by atoms with van der Waals surface area (Å²) < 4.78 is 6.29. The number of benzene rings is 2. The van der Waals surface area contributed by atoms with Gasteiger partial charge in [-0.15, -0.1) is 12.4 Å². The van der Waals surface area contributed by atoms with Crippen LogP contribution in [-0.4, -0.2) is 78.1 Å². The fourth-order valence-electron chi connectivity index (χ4n) is 4.76. The summed E-state index contributed by atoms with van der Waals surface area (Å²) in [6.45, 7) is 14.7. The molecule has 2 aromatic carbocycles. The largest absolute Gasteiger partial charge is 0.490 e. The van der Waals surface area contributed by atoms with Crippen LogP contribution in [0.2, 0.25) is 0 Å². The van der Waals surface area contributed by atoms with Crippen LogP contribution in [0.4, 0.5) is 0 Å². The first kappa shape index (κ1) is 24.8. The van der Waals surface area contributed by atoms with E-state index in [4.69, 9.17) is 4.74 Å². The third kappa shape index (κ3) is 5.75. The minimum absolute atomic E-state index is 0. The molecule has 0 aromatic heterocycles. The number of carbonyl (C=O) groups is 1. The van der Waals surface area contributed by atoms with Gasteiger partial charge in [0.05, 0.1) is 0 Å². The number of fused-ring (bicyclic) bond motifs is 1. The maximum absolute atomic E-state index is 13.0. The smallest absolute Gasteiger partial charge is 0.253 e. The molecular weight excluding hydrogens is 422 g/mol. The van der Waals surface area contributed by atoms with Gasteiger partial charge in [0.2, 0.25) is 0 Å². The van der Waals surface area contributed by atoms with Crippen LogP contribution in [0.25, 0.3) is 10.8 Å². The Kier molecular flexibility index (Phi) is 8.43. The Morgan fingerprint density at radius 3 is 2.00 bits per heavy atom. The molecule has 0 N–H and O–H groups in total. The Hall–Kier alpha value is -1.82. The minimum Gasteiger partial charge on any atom is -0.490 e. The number of nitrogens with zero attached hydrogens (tertiary/aromatic N) is 3. The summed E-state index contributed by atoms with van der Waals surface area (Å²) in [4.78, 5) is 19.9.